The Bertz CT molecular complexity index is 267. The molecule has 2 N–H and O–H groups in total. The minimum atomic E-state index is -0.245. The highest BCUT2D eigenvalue weighted by Gasteiger charge is 1.94. The molecule has 0 atom stereocenters. The molecule has 0 aliphatic rings. The Hall–Kier alpha value is -1.31. The van der Waals surface area contributed by atoms with E-state index >= 15 is 0 Å². The van der Waals surface area contributed by atoms with Gasteiger partial charge < -0.3 is 5.73 Å². The van der Waals surface area contributed by atoms with Gasteiger partial charge in [-0.05, 0) is 17.9 Å². The minimum Gasteiger partial charge on any atom is -0.370 e. The molecule has 1 rings (SSSR count). The van der Waals surface area contributed by atoms with Gasteiger partial charge in [-0.1, -0.05) is 51.1 Å². The molecule has 1 aromatic carbocycles. The first kappa shape index (κ1) is 13.7. The molecule has 1 aromatic rings. The number of primary amides is 1. The van der Waals surface area contributed by atoms with Gasteiger partial charge >= 0.3 is 0 Å². The number of hydrogen-bond donors (Lipinski definition) is 1. The zero-order valence-electron chi connectivity index (χ0n) is 9.86. The molecule has 1 amide bonds. The van der Waals surface area contributed by atoms with E-state index in [9.17, 15) is 4.79 Å². The topological polar surface area (TPSA) is 43.1 Å². The maximum atomic E-state index is 9.59. The third kappa shape index (κ3) is 9.01. The summed E-state index contributed by atoms with van der Waals surface area (Å²) in [6, 6.07) is 10.6. The molecule has 2 heteroatoms. The van der Waals surface area contributed by atoms with Crippen molar-refractivity contribution in [2.75, 3.05) is 0 Å². The van der Waals surface area contributed by atoms with Gasteiger partial charge in [0.05, 0.1) is 0 Å². The average molecular weight is 207 g/mol. The summed E-state index contributed by atoms with van der Waals surface area (Å²) < 4.78 is 0. The third-order valence-electron chi connectivity index (χ3n) is 1.84. The highest BCUT2D eigenvalue weighted by Crippen LogP contribution is 2.05. The van der Waals surface area contributed by atoms with E-state index < -0.39 is 0 Å². The minimum absolute atomic E-state index is 0.245. The Morgan fingerprint density at radius 3 is 2.07 bits per heavy atom. The fraction of sp³-hybridized carbons (Fsp3) is 0.462. The maximum absolute atomic E-state index is 9.59. The predicted molar refractivity (Wildman–Crippen MR) is 64.5 cm³/mol. The quantitative estimate of drug-likeness (QED) is 0.813. The van der Waals surface area contributed by atoms with E-state index in [0.717, 1.165) is 5.92 Å². The first-order chi connectivity index (χ1) is 7.06. The molecular formula is C13H21NO. The molecule has 2 nitrogen and oxygen atoms in total. The molecule has 0 radical (unpaired) electrons. The molecule has 0 aromatic heterocycles. The van der Waals surface area contributed by atoms with Gasteiger partial charge in [-0.2, -0.15) is 0 Å². The van der Waals surface area contributed by atoms with Gasteiger partial charge in [0, 0.05) is 6.42 Å². The maximum Gasteiger partial charge on any atom is 0.217 e. The number of rotatable bonds is 3. The molecule has 84 valence electrons. The van der Waals surface area contributed by atoms with Crippen LogP contribution in [0.5, 0.6) is 0 Å². The first-order valence-corrected chi connectivity index (χ1v) is 5.38. The van der Waals surface area contributed by atoms with Crippen molar-refractivity contribution < 1.29 is 4.79 Å². The lowest BCUT2D eigenvalue weighted by molar-refractivity contribution is -0.117. The van der Waals surface area contributed by atoms with E-state index in [0.29, 0.717) is 6.42 Å². The van der Waals surface area contributed by atoms with Gasteiger partial charge in [0.2, 0.25) is 5.91 Å². The fourth-order valence-corrected chi connectivity index (χ4v) is 1.09. The van der Waals surface area contributed by atoms with Crippen LogP contribution in [0.2, 0.25) is 0 Å². The number of hydrogen-bond acceptors (Lipinski definition) is 1. The van der Waals surface area contributed by atoms with Crippen LogP contribution in [0.25, 0.3) is 0 Å². The molecule has 0 aliphatic heterocycles. The second kappa shape index (κ2) is 8.04. The van der Waals surface area contributed by atoms with Crippen molar-refractivity contribution in [3.05, 3.63) is 35.9 Å². The van der Waals surface area contributed by atoms with Crippen LogP contribution < -0.4 is 5.73 Å². The summed E-state index contributed by atoms with van der Waals surface area (Å²) >= 11 is 0. The number of carbonyl (C=O) groups is 1. The second-order valence-electron chi connectivity index (χ2n) is 3.90. The van der Waals surface area contributed by atoms with Gasteiger partial charge in [0.15, 0.2) is 0 Å². The first-order valence-electron chi connectivity index (χ1n) is 5.38. The Labute approximate surface area is 92.5 Å². The standard InChI is InChI=1S/C10H14.C3H7NO/c1-9(2)8-10-6-4-3-5-7-10;1-2-3(4)5/h3-7,9H,8H2,1-2H3;2H2,1H3,(H2,4,5). The van der Waals surface area contributed by atoms with E-state index in [-0.39, 0.29) is 5.91 Å². The summed E-state index contributed by atoms with van der Waals surface area (Å²) in [6.45, 7) is 6.21. The molecule has 0 heterocycles. The normalized spacial score (nSPS) is 9.33. The van der Waals surface area contributed by atoms with Crippen LogP contribution in [0.1, 0.15) is 32.8 Å². The number of nitrogens with two attached hydrogens (primary N) is 1. The fourth-order valence-electron chi connectivity index (χ4n) is 1.09. The molecular weight excluding hydrogens is 186 g/mol. The Morgan fingerprint density at radius 1 is 1.27 bits per heavy atom. The summed E-state index contributed by atoms with van der Waals surface area (Å²) in [5, 5.41) is 0. The van der Waals surface area contributed by atoms with Crippen molar-refractivity contribution in [2.45, 2.75) is 33.6 Å². The average Bonchev–Trinajstić information content (AvgIpc) is 2.19. The van der Waals surface area contributed by atoms with E-state index in [4.69, 9.17) is 0 Å². The van der Waals surface area contributed by atoms with Crippen LogP contribution in [0.3, 0.4) is 0 Å². The number of carbonyl (C=O) groups excluding carboxylic acids is 1. The van der Waals surface area contributed by atoms with Crippen LogP contribution in [0, 0.1) is 5.92 Å². The van der Waals surface area contributed by atoms with Crippen molar-refractivity contribution in [1.82, 2.24) is 0 Å². The molecule has 0 saturated carbocycles. The summed E-state index contributed by atoms with van der Waals surface area (Å²) in [5.74, 6) is 0.521. The summed E-state index contributed by atoms with van der Waals surface area (Å²) in [7, 11) is 0. The van der Waals surface area contributed by atoms with Crippen LogP contribution in [-0.2, 0) is 11.2 Å². The van der Waals surface area contributed by atoms with Crippen molar-refractivity contribution in [1.29, 1.82) is 0 Å². The zero-order valence-corrected chi connectivity index (χ0v) is 9.86. The lowest BCUT2D eigenvalue weighted by Crippen LogP contribution is -2.06. The van der Waals surface area contributed by atoms with E-state index in [1.54, 1.807) is 6.92 Å². The van der Waals surface area contributed by atoms with E-state index in [1.807, 2.05) is 0 Å². The second-order valence-corrected chi connectivity index (χ2v) is 3.90. The molecule has 0 bridgehead atoms. The predicted octanol–water partition coefficient (Wildman–Crippen LogP) is 2.77. The molecule has 15 heavy (non-hydrogen) atoms. The van der Waals surface area contributed by atoms with Crippen LogP contribution in [0.4, 0.5) is 0 Å². The Kier molecular flexibility index (Phi) is 7.33. The van der Waals surface area contributed by atoms with Crippen molar-refractivity contribution in [3.63, 3.8) is 0 Å². The van der Waals surface area contributed by atoms with Crippen molar-refractivity contribution >= 4 is 5.91 Å². The zero-order chi connectivity index (χ0) is 11.7. The van der Waals surface area contributed by atoms with Crippen LogP contribution in [0.15, 0.2) is 30.3 Å². The van der Waals surface area contributed by atoms with Gasteiger partial charge in [-0.3, -0.25) is 4.79 Å². The smallest absolute Gasteiger partial charge is 0.217 e. The Balaban J connectivity index is 0.000000336. The summed E-state index contributed by atoms with van der Waals surface area (Å²) in [5.41, 5.74) is 6.09. The van der Waals surface area contributed by atoms with Crippen LogP contribution in [-0.4, -0.2) is 5.91 Å². The highest BCUT2D eigenvalue weighted by atomic mass is 16.1. The molecule has 0 saturated heterocycles. The van der Waals surface area contributed by atoms with Crippen LogP contribution >= 0.6 is 0 Å². The summed E-state index contributed by atoms with van der Waals surface area (Å²) in [6.07, 6.45) is 1.64. The molecule has 0 spiro atoms. The highest BCUT2D eigenvalue weighted by molar-refractivity contribution is 5.73. The van der Waals surface area contributed by atoms with Gasteiger partial charge in [0.1, 0.15) is 0 Å². The lowest BCUT2D eigenvalue weighted by Gasteiger charge is -2.02. The van der Waals surface area contributed by atoms with Gasteiger partial charge in [-0.25, -0.2) is 0 Å². The van der Waals surface area contributed by atoms with Gasteiger partial charge in [0.25, 0.3) is 0 Å². The largest absolute Gasteiger partial charge is 0.370 e. The van der Waals surface area contributed by atoms with E-state index in [1.165, 1.54) is 12.0 Å². The van der Waals surface area contributed by atoms with E-state index in [2.05, 4.69) is 49.9 Å². The van der Waals surface area contributed by atoms with Crippen molar-refractivity contribution in [3.8, 4) is 0 Å². The molecule has 0 fully saturated rings. The lowest BCUT2D eigenvalue weighted by atomic mass is 10.0. The Morgan fingerprint density at radius 2 is 1.73 bits per heavy atom. The number of benzene rings is 1. The van der Waals surface area contributed by atoms with Gasteiger partial charge in [-0.15, -0.1) is 0 Å². The number of amides is 1. The monoisotopic (exact) mass is 207 g/mol. The molecule has 0 unspecified atom stereocenters. The molecule has 0 aliphatic carbocycles. The summed E-state index contributed by atoms with van der Waals surface area (Å²) in [4.78, 5) is 9.59. The third-order valence-corrected chi connectivity index (χ3v) is 1.84. The SMILES string of the molecule is CC(C)Cc1ccccc1.CCC(N)=O. The van der Waals surface area contributed by atoms with Crippen molar-refractivity contribution in [2.24, 2.45) is 11.7 Å².